The first-order valence-electron chi connectivity index (χ1n) is 6.60. The Hall–Kier alpha value is -1.28. The molecule has 0 aliphatic heterocycles. The molecule has 0 unspecified atom stereocenters. The van der Waals surface area contributed by atoms with E-state index in [1.54, 1.807) is 0 Å². The summed E-state index contributed by atoms with van der Waals surface area (Å²) in [5, 5.41) is 0. The summed E-state index contributed by atoms with van der Waals surface area (Å²) >= 11 is 0. The SMILES string of the molecule is [H-].[Na+].c1ccc(B(c2ccccc2)c2ccccc2)cc1. The second-order valence-corrected chi connectivity index (χ2v) is 4.67. The van der Waals surface area contributed by atoms with E-state index in [0.717, 1.165) is 0 Å². The molecule has 0 radical (unpaired) electrons. The van der Waals surface area contributed by atoms with Gasteiger partial charge in [-0.3, -0.25) is 0 Å². The van der Waals surface area contributed by atoms with Crippen LogP contribution < -0.4 is 45.9 Å². The van der Waals surface area contributed by atoms with Crippen molar-refractivity contribution in [3.05, 3.63) is 91.0 Å². The molecule has 2 heteroatoms. The summed E-state index contributed by atoms with van der Waals surface area (Å²) in [6.07, 6.45) is 0. The van der Waals surface area contributed by atoms with Crippen molar-refractivity contribution in [1.29, 1.82) is 0 Å². The van der Waals surface area contributed by atoms with Crippen LogP contribution in [0.3, 0.4) is 0 Å². The summed E-state index contributed by atoms with van der Waals surface area (Å²) in [5.41, 5.74) is 4.00. The van der Waals surface area contributed by atoms with Crippen molar-refractivity contribution in [1.82, 2.24) is 0 Å². The van der Waals surface area contributed by atoms with E-state index in [0.29, 0.717) is 6.71 Å². The molecule has 0 N–H and O–H groups in total. The van der Waals surface area contributed by atoms with Gasteiger partial charge >= 0.3 is 29.6 Å². The minimum absolute atomic E-state index is 0. The van der Waals surface area contributed by atoms with E-state index in [1.807, 2.05) is 0 Å². The number of rotatable bonds is 3. The fourth-order valence-corrected chi connectivity index (χ4v) is 2.51. The molecule has 0 bridgehead atoms. The summed E-state index contributed by atoms with van der Waals surface area (Å²) in [6.45, 7) is 0.309. The van der Waals surface area contributed by atoms with Crippen LogP contribution >= 0.6 is 0 Å². The summed E-state index contributed by atoms with van der Waals surface area (Å²) in [4.78, 5) is 0. The second-order valence-electron chi connectivity index (χ2n) is 4.67. The van der Waals surface area contributed by atoms with Crippen molar-refractivity contribution in [2.24, 2.45) is 0 Å². The van der Waals surface area contributed by atoms with Crippen LogP contribution in [0.2, 0.25) is 0 Å². The van der Waals surface area contributed by atoms with E-state index >= 15 is 0 Å². The average molecular weight is 266 g/mol. The van der Waals surface area contributed by atoms with Crippen molar-refractivity contribution in [3.8, 4) is 0 Å². The standard InChI is InChI=1S/C18H15B.Na.H/c1-4-10-16(11-5-1)19(17-12-6-2-7-13-17)18-14-8-3-9-15-18;;/h1-15H;;/q;+1;-1. The van der Waals surface area contributed by atoms with Gasteiger partial charge in [-0.2, -0.15) is 0 Å². The molecule has 0 nitrogen and oxygen atoms in total. The molecule has 0 fully saturated rings. The van der Waals surface area contributed by atoms with Gasteiger partial charge in [-0.15, -0.1) is 0 Å². The molecule has 3 aromatic rings. The van der Waals surface area contributed by atoms with Crippen molar-refractivity contribution in [2.75, 3.05) is 0 Å². The van der Waals surface area contributed by atoms with Gasteiger partial charge in [-0.05, 0) is 0 Å². The Labute approximate surface area is 144 Å². The Balaban J connectivity index is 0.00000110. The summed E-state index contributed by atoms with van der Waals surface area (Å²) < 4.78 is 0. The predicted molar refractivity (Wildman–Crippen MR) is 85.1 cm³/mol. The third-order valence-corrected chi connectivity index (χ3v) is 3.40. The van der Waals surface area contributed by atoms with Crippen LogP contribution in [0.15, 0.2) is 91.0 Å². The minimum Gasteiger partial charge on any atom is -1.00 e. The maximum Gasteiger partial charge on any atom is 1.00 e. The van der Waals surface area contributed by atoms with Gasteiger partial charge in [-0.25, -0.2) is 0 Å². The van der Waals surface area contributed by atoms with Crippen molar-refractivity contribution >= 4 is 23.1 Å². The molecule has 0 saturated carbocycles. The minimum atomic E-state index is 0. The topological polar surface area (TPSA) is 0 Å². The summed E-state index contributed by atoms with van der Waals surface area (Å²) in [6, 6.07) is 32.0. The van der Waals surface area contributed by atoms with Gasteiger partial charge < -0.3 is 1.43 Å². The van der Waals surface area contributed by atoms with Gasteiger partial charge in [0.15, 0.2) is 0 Å². The Morgan fingerprint density at radius 2 is 0.700 bits per heavy atom. The zero-order chi connectivity index (χ0) is 12.9. The molecular weight excluding hydrogens is 250 g/mol. The van der Waals surface area contributed by atoms with E-state index in [2.05, 4.69) is 91.0 Å². The van der Waals surface area contributed by atoms with Gasteiger partial charge in [0, 0.05) is 0 Å². The molecular formula is C18H16BNa. The van der Waals surface area contributed by atoms with Crippen molar-refractivity contribution in [2.45, 2.75) is 0 Å². The third-order valence-electron chi connectivity index (χ3n) is 3.40. The van der Waals surface area contributed by atoms with Crippen LogP contribution in [-0.4, -0.2) is 6.71 Å². The Morgan fingerprint density at radius 3 is 0.950 bits per heavy atom. The van der Waals surface area contributed by atoms with Gasteiger partial charge in [0.25, 0.3) is 0 Å². The van der Waals surface area contributed by atoms with E-state index in [1.165, 1.54) is 16.4 Å². The van der Waals surface area contributed by atoms with Gasteiger partial charge in [-0.1, -0.05) is 107 Å². The maximum atomic E-state index is 2.20. The number of hydrogen-bond donors (Lipinski definition) is 0. The molecule has 3 aromatic carbocycles. The van der Waals surface area contributed by atoms with Gasteiger partial charge in [0.05, 0.1) is 0 Å². The molecule has 0 aliphatic carbocycles. The first-order chi connectivity index (χ1) is 9.45. The number of hydrogen-bond acceptors (Lipinski definition) is 0. The molecule has 0 atom stereocenters. The van der Waals surface area contributed by atoms with Crippen LogP contribution in [0.5, 0.6) is 0 Å². The molecule has 0 heterocycles. The first-order valence-corrected chi connectivity index (χ1v) is 6.60. The zero-order valence-corrected chi connectivity index (χ0v) is 13.7. The van der Waals surface area contributed by atoms with E-state index < -0.39 is 0 Å². The second kappa shape index (κ2) is 7.49. The predicted octanol–water partition coefficient (Wildman–Crippen LogP) is -0.681. The van der Waals surface area contributed by atoms with Crippen molar-refractivity contribution < 1.29 is 31.0 Å². The fourth-order valence-electron chi connectivity index (χ4n) is 2.51. The summed E-state index contributed by atoms with van der Waals surface area (Å²) in [7, 11) is 0. The normalized spacial score (nSPS) is 9.60. The first kappa shape index (κ1) is 15.1. The van der Waals surface area contributed by atoms with E-state index in [-0.39, 0.29) is 31.0 Å². The smallest absolute Gasteiger partial charge is 1.00 e. The van der Waals surface area contributed by atoms with Crippen LogP contribution in [0.25, 0.3) is 0 Å². The van der Waals surface area contributed by atoms with Crippen LogP contribution in [0.1, 0.15) is 1.43 Å². The molecule has 92 valence electrons. The zero-order valence-electron chi connectivity index (χ0n) is 12.7. The summed E-state index contributed by atoms with van der Waals surface area (Å²) in [5.74, 6) is 0. The Morgan fingerprint density at radius 1 is 0.450 bits per heavy atom. The van der Waals surface area contributed by atoms with Crippen molar-refractivity contribution in [3.63, 3.8) is 0 Å². The molecule has 0 aliphatic rings. The third kappa shape index (κ3) is 3.43. The Bertz CT molecular complexity index is 535. The fraction of sp³-hybridized carbons (Fsp3) is 0. The molecule has 0 aromatic heterocycles. The molecule has 20 heavy (non-hydrogen) atoms. The van der Waals surface area contributed by atoms with Crippen LogP contribution in [-0.2, 0) is 0 Å². The monoisotopic (exact) mass is 266 g/mol. The molecule has 0 spiro atoms. The van der Waals surface area contributed by atoms with Gasteiger partial charge in [0.1, 0.15) is 0 Å². The van der Waals surface area contributed by atoms with Gasteiger partial charge in [0.2, 0.25) is 6.71 Å². The van der Waals surface area contributed by atoms with E-state index in [9.17, 15) is 0 Å². The Kier molecular flexibility index (Phi) is 5.66. The molecule has 3 rings (SSSR count). The molecule has 0 saturated heterocycles. The average Bonchev–Trinajstić information content (AvgIpc) is 2.51. The largest absolute Gasteiger partial charge is 1.00 e. The van der Waals surface area contributed by atoms with Crippen LogP contribution in [0.4, 0.5) is 0 Å². The maximum absolute atomic E-state index is 2.20. The van der Waals surface area contributed by atoms with Crippen LogP contribution in [0, 0.1) is 0 Å². The number of benzene rings is 3. The van der Waals surface area contributed by atoms with E-state index in [4.69, 9.17) is 0 Å². The molecule has 0 amide bonds. The quantitative estimate of drug-likeness (QED) is 0.551.